The summed E-state index contributed by atoms with van der Waals surface area (Å²) in [5.41, 5.74) is 5.54. The van der Waals surface area contributed by atoms with Crippen LogP contribution in [0, 0.1) is 18.3 Å². The van der Waals surface area contributed by atoms with Crippen LogP contribution in [0.2, 0.25) is 0 Å². The van der Waals surface area contributed by atoms with Gasteiger partial charge in [0, 0.05) is 5.39 Å². The Morgan fingerprint density at radius 1 is 1.35 bits per heavy atom. The molecule has 2 aromatic carbocycles. The highest BCUT2D eigenvalue weighted by Crippen LogP contribution is 2.42. The summed E-state index contributed by atoms with van der Waals surface area (Å²) < 4.78 is 1.90. The van der Waals surface area contributed by atoms with Gasteiger partial charge in [0.05, 0.1) is 35.8 Å². The second-order valence-electron chi connectivity index (χ2n) is 6.92. The first-order chi connectivity index (χ1) is 12.6. The minimum absolute atomic E-state index is 0.0116. The van der Waals surface area contributed by atoms with Gasteiger partial charge < -0.3 is 5.11 Å². The standard InChI is InChI=1S/C21H19N3O2/c1-13-17-8-5-14(10-21(25)26)9-20(17)24(23-13)12-19-16(11-22)3-2-4-18(19)15-6-7-15/h2-5,8-9,15H,6-7,10,12H2,1H3,(H,25,26). The maximum absolute atomic E-state index is 11.0. The molecule has 0 unspecified atom stereocenters. The molecule has 5 heteroatoms. The van der Waals surface area contributed by atoms with Crippen LogP contribution in [-0.4, -0.2) is 20.9 Å². The number of benzene rings is 2. The van der Waals surface area contributed by atoms with Crippen molar-refractivity contribution in [2.45, 2.75) is 38.6 Å². The van der Waals surface area contributed by atoms with E-state index in [4.69, 9.17) is 5.11 Å². The summed E-state index contributed by atoms with van der Waals surface area (Å²) >= 11 is 0. The summed E-state index contributed by atoms with van der Waals surface area (Å²) in [6.45, 7) is 2.48. The van der Waals surface area contributed by atoms with Crippen molar-refractivity contribution in [3.63, 3.8) is 0 Å². The molecule has 1 heterocycles. The number of aliphatic carboxylic acids is 1. The van der Waals surface area contributed by atoms with Gasteiger partial charge in [-0.15, -0.1) is 0 Å². The Balaban J connectivity index is 1.81. The van der Waals surface area contributed by atoms with Gasteiger partial charge in [-0.2, -0.15) is 10.4 Å². The van der Waals surface area contributed by atoms with Crippen LogP contribution in [0.3, 0.4) is 0 Å². The first-order valence-electron chi connectivity index (χ1n) is 8.76. The molecule has 1 aliphatic carbocycles. The van der Waals surface area contributed by atoms with E-state index < -0.39 is 5.97 Å². The SMILES string of the molecule is Cc1nn(Cc2c(C#N)cccc2C2CC2)c2cc(CC(=O)O)ccc12. The molecule has 1 saturated carbocycles. The van der Waals surface area contributed by atoms with Gasteiger partial charge in [-0.25, -0.2) is 0 Å². The smallest absolute Gasteiger partial charge is 0.307 e. The molecule has 0 aliphatic heterocycles. The quantitative estimate of drug-likeness (QED) is 0.763. The van der Waals surface area contributed by atoms with Gasteiger partial charge in [0.2, 0.25) is 0 Å². The molecule has 1 fully saturated rings. The van der Waals surface area contributed by atoms with E-state index in [2.05, 4.69) is 17.2 Å². The van der Waals surface area contributed by atoms with Gasteiger partial charge >= 0.3 is 5.97 Å². The minimum atomic E-state index is -0.849. The van der Waals surface area contributed by atoms with E-state index in [9.17, 15) is 10.1 Å². The normalized spacial score (nSPS) is 13.7. The van der Waals surface area contributed by atoms with Gasteiger partial charge in [-0.05, 0) is 54.5 Å². The monoisotopic (exact) mass is 345 g/mol. The third-order valence-corrected chi connectivity index (χ3v) is 5.01. The molecule has 0 saturated heterocycles. The van der Waals surface area contributed by atoms with Crippen LogP contribution in [0.4, 0.5) is 0 Å². The average Bonchev–Trinajstić information content (AvgIpc) is 3.41. The molecule has 130 valence electrons. The summed E-state index contributed by atoms with van der Waals surface area (Å²) in [6.07, 6.45) is 2.33. The summed E-state index contributed by atoms with van der Waals surface area (Å²) in [4.78, 5) is 11.0. The lowest BCUT2D eigenvalue weighted by Gasteiger charge is -2.12. The molecule has 0 radical (unpaired) electrons. The fraction of sp³-hybridized carbons (Fsp3) is 0.286. The molecule has 0 amide bonds. The second kappa shape index (κ2) is 6.30. The Kier molecular flexibility index (Phi) is 3.96. The highest BCUT2D eigenvalue weighted by molar-refractivity contribution is 5.83. The summed E-state index contributed by atoms with van der Waals surface area (Å²) in [5, 5.41) is 24.3. The van der Waals surface area contributed by atoms with Gasteiger partial charge in [0.1, 0.15) is 0 Å². The summed E-state index contributed by atoms with van der Waals surface area (Å²) in [5.74, 6) is -0.304. The van der Waals surface area contributed by atoms with E-state index in [1.54, 1.807) is 0 Å². The number of hydrogen-bond acceptors (Lipinski definition) is 3. The largest absolute Gasteiger partial charge is 0.481 e. The summed E-state index contributed by atoms with van der Waals surface area (Å²) in [6, 6.07) is 13.9. The molecule has 1 aliphatic rings. The number of rotatable bonds is 5. The van der Waals surface area contributed by atoms with E-state index in [1.165, 1.54) is 18.4 Å². The Morgan fingerprint density at radius 2 is 2.15 bits per heavy atom. The first-order valence-corrected chi connectivity index (χ1v) is 8.76. The fourth-order valence-electron chi connectivity index (χ4n) is 3.60. The van der Waals surface area contributed by atoms with E-state index in [0.717, 1.165) is 27.7 Å². The molecule has 26 heavy (non-hydrogen) atoms. The van der Waals surface area contributed by atoms with Crippen molar-refractivity contribution >= 4 is 16.9 Å². The van der Waals surface area contributed by atoms with Gasteiger partial charge in [0.25, 0.3) is 0 Å². The zero-order valence-electron chi connectivity index (χ0n) is 14.6. The highest BCUT2D eigenvalue weighted by Gasteiger charge is 2.27. The molecule has 0 atom stereocenters. The van der Waals surface area contributed by atoms with Crippen LogP contribution in [0.5, 0.6) is 0 Å². The van der Waals surface area contributed by atoms with E-state index in [0.29, 0.717) is 18.0 Å². The number of carboxylic acid groups (broad SMARTS) is 1. The molecule has 3 aromatic rings. The van der Waals surface area contributed by atoms with Crippen molar-refractivity contribution in [1.29, 1.82) is 5.26 Å². The van der Waals surface area contributed by atoms with Gasteiger partial charge in [-0.1, -0.05) is 24.3 Å². The lowest BCUT2D eigenvalue weighted by molar-refractivity contribution is -0.136. The predicted molar refractivity (Wildman–Crippen MR) is 98.0 cm³/mol. The number of carboxylic acids is 1. The molecule has 4 rings (SSSR count). The minimum Gasteiger partial charge on any atom is -0.481 e. The van der Waals surface area contributed by atoms with E-state index in [-0.39, 0.29) is 6.42 Å². The zero-order chi connectivity index (χ0) is 18.3. The number of nitriles is 1. The number of carbonyl (C=O) groups is 1. The molecule has 0 bridgehead atoms. The van der Waals surface area contributed by atoms with Crippen LogP contribution >= 0.6 is 0 Å². The Bertz CT molecular complexity index is 1060. The second-order valence-corrected chi connectivity index (χ2v) is 6.92. The number of aryl methyl sites for hydroxylation is 1. The average molecular weight is 345 g/mol. The molecular formula is C21H19N3O2. The maximum Gasteiger partial charge on any atom is 0.307 e. The zero-order valence-corrected chi connectivity index (χ0v) is 14.6. The number of aromatic nitrogens is 2. The molecule has 1 N–H and O–H groups in total. The third-order valence-electron chi connectivity index (χ3n) is 5.01. The van der Waals surface area contributed by atoms with Crippen LogP contribution in [0.15, 0.2) is 36.4 Å². The number of hydrogen-bond donors (Lipinski definition) is 1. The number of fused-ring (bicyclic) bond motifs is 1. The highest BCUT2D eigenvalue weighted by atomic mass is 16.4. The number of nitrogens with zero attached hydrogens (tertiary/aromatic N) is 3. The lowest BCUT2D eigenvalue weighted by atomic mass is 9.98. The van der Waals surface area contributed by atoms with Crippen LogP contribution in [0.1, 0.15) is 46.7 Å². The van der Waals surface area contributed by atoms with Crippen molar-refractivity contribution in [3.05, 3.63) is 64.3 Å². The van der Waals surface area contributed by atoms with Crippen molar-refractivity contribution < 1.29 is 9.90 Å². The Morgan fingerprint density at radius 3 is 2.85 bits per heavy atom. The fourth-order valence-corrected chi connectivity index (χ4v) is 3.60. The van der Waals surface area contributed by atoms with Crippen molar-refractivity contribution in [3.8, 4) is 6.07 Å². The van der Waals surface area contributed by atoms with E-state index >= 15 is 0 Å². The van der Waals surface area contributed by atoms with Crippen LogP contribution < -0.4 is 0 Å². The Hall–Kier alpha value is -3.13. The van der Waals surface area contributed by atoms with Crippen LogP contribution in [-0.2, 0) is 17.8 Å². The summed E-state index contributed by atoms with van der Waals surface area (Å²) in [7, 11) is 0. The van der Waals surface area contributed by atoms with Crippen LogP contribution in [0.25, 0.3) is 10.9 Å². The molecule has 0 spiro atoms. The Labute approximate surface area is 151 Å². The van der Waals surface area contributed by atoms with Crippen molar-refractivity contribution in [2.24, 2.45) is 0 Å². The van der Waals surface area contributed by atoms with Crippen molar-refractivity contribution in [2.75, 3.05) is 0 Å². The first kappa shape index (κ1) is 16.3. The van der Waals surface area contributed by atoms with Crippen molar-refractivity contribution in [1.82, 2.24) is 9.78 Å². The topological polar surface area (TPSA) is 78.9 Å². The maximum atomic E-state index is 11.0. The lowest BCUT2D eigenvalue weighted by Crippen LogP contribution is -2.07. The molecule has 5 nitrogen and oxygen atoms in total. The molecular weight excluding hydrogens is 326 g/mol. The van der Waals surface area contributed by atoms with Gasteiger partial charge in [-0.3, -0.25) is 9.48 Å². The molecule has 1 aromatic heterocycles. The van der Waals surface area contributed by atoms with E-state index in [1.807, 2.05) is 41.9 Å². The van der Waals surface area contributed by atoms with Gasteiger partial charge in [0.15, 0.2) is 0 Å². The third kappa shape index (κ3) is 2.95. The predicted octanol–water partition coefficient (Wildman–Crippen LogP) is 3.77.